The number of carbonyl (C=O) groups excluding carboxylic acids is 4. The normalized spacial score (nSPS) is 43.6. The van der Waals surface area contributed by atoms with Crippen LogP contribution in [-0.2, 0) is 66.6 Å². The summed E-state index contributed by atoms with van der Waals surface area (Å²) in [6.07, 6.45) is -42.0. The zero-order valence-corrected chi connectivity index (χ0v) is 40.1. The summed E-state index contributed by atoms with van der Waals surface area (Å²) in [6.45, 7) is -0.862. The van der Waals surface area contributed by atoms with Crippen LogP contribution in [0, 0.1) is 0 Å². The van der Waals surface area contributed by atoms with E-state index in [4.69, 9.17) is 42.6 Å². The molecule has 0 spiro atoms. The Labute approximate surface area is 419 Å². The highest BCUT2D eigenvalue weighted by molar-refractivity contribution is 5.77. The quantitative estimate of drug-likeness (QED) is 0.0538. The van der Waals surface area contributed by atoms with Crippen molar-refractivity contribution in [2.24, 2.45) is 0 Å². The second-order valence-electron chi connectivity index (χ2n) is 18.4. The fraction of sp³-hybridized carbons (Fsp3) is 0.878. The number of amides is 4. The summed E-state index contributed by atoms with van der Waals surface area (Å²) >= 11 is 0. The molecule has 5 aliphatic heterocycles. The first-order chi connectivity index (χ1) is 34.7. The van der Waals surface area contributed by atoms with Gasteiger partial charge in [0.15, 0.2) is 25.2 Å². The Kier molecular flexibility index (Phi) is 21.7. The van der Waals surface area contributed by atoms with Gasteiger partial charge in [-0.1, -0.05) is 0 Å². The Hall–Kier alpha value is -3.57. The zero-order chi connectivity index (χ0) is 55.3. The molecular weight excluding hydrogens is 1010 g/mol. The molecule has 426 valence electrons. The summed E-state index contributed by atoms with van der Waals surface area (Å²) in [6, 6.07) is -6.54. The molecule has 33 heteroatoms. The third-order valence-electron chi connectivity index (χ3n) is 12.9. The van der Waals surface area contributed by atoms with Crippen molar-refractivity contribution in [2.75, 3.05) is 33.0 Å². The minimum atomic E-state index is -3.16. The average Bonchev–Trinajstić information content (AvgIpc) is 3.33. The Bertz CT molecular complexity index is 1900. The summed E-state index contributed by atoms with van der Waals surface area (Å²) in [5, 5.41) is 171. The summed E-state index contributed by atoms with van der Waals surface area (Å²) in [5.74, 6) is -8.37. The standard InChI is InChI=1S/C41H68N4O29/c1-11(50)42-21-15(54)5-41(40(64)65,73-34(21)25(56)16(55)6-46)74-35-27(58)18(8-48)69-39(31(35)62)71-32-19(9-49)70-37(23(30(32)61)44-13(3)52)66-10-20-28(59)33(24(36(63)67-20)45-14(4)53)72-38-22(43-12(2)51)29(60)26(57)17(7-47)68-38/h15-39,46-49,54-63H,5-10H2,1-4H3,(H,42,50)(H,43,51)(H,44,52)(H,45,53)(H,64,65)/t15-,16+,17+,18+,19+,20+,21+,22+,23+,24+,25+,26+,27-,28-,29+,30+,31+,32+,33+,34+,35-,36?,37+,38-,39-,41-/m0/s1. The number of hydrogen-bond donors (Lipinski definition) is 19. The molecule has 0 aromatic rings. The third-order valence-corrected chi connectivity index (χ3v) is 12.9. The molecule has 4 amide bonds. The van der Waals surface area contributed by atoms with Gasteiger partial charge in [0.1, 0.15) is 116 Å². The first-order valence-corrected chi connectivity index (χ1v) is 23.2. The van der Waals surface area contributed by atoms with Gasteiger partial charge in [0.2, 0.25) is 23.6 Å². The van der Waals surface area contributed by atoms with E-state index in [-0.39, 0.29) is 0 Å². The zero-order valence-electron chi connectivity index (χ0n) is 40.1. The van der Waals surface area contributed by atoms with Crippen LogP contribution in [-0.4, -0.2) is 298 Å². The van der Waals surface area contributed by atoms with Crippen molar-refractivity contribution < 1.29 is 143 Å². The van der Waals surface area contributed by atoms with Gasteiger partial charge in [-0.3, -0.25) is 19.2 Å². The molecule has 0 aliphatic carbocycles. The van der Waals surface area contributed by atoms with E-state index in [0.717, 1.165) is 27.7 Å². The van der Waals surface area contributed by atoms with Crippen LogP contribution in [0.3, 0.4) is 0 Å². The first kappa shape index (κ1) is 61.3. The lowest BCUT2D eigenvalue weighted by atomic mass is 9.88. The number of hydrogen-bond acceptors (Lipinski definition) is 28. The topological polar surface area (TPSA) is 520 Å². The molecular formula is C41H68N4O29. The molecule has 5 fully saturated rings. The highest BCUT2D eigenvalue weighted by atomic mass is 16.8. The number of carbonyl (C=O) groups is 5. The largest absolute Gasteiger partial charge is 0.477 e. The lowest BCUT2D eigenvalue weighted by Gasteiger charge is -2.51. The lowest BCUT2D eigenvalue weighted by Crippen LogP contribution is -2.71. The lowest BCUT2D eigenvalue weighted by molar-refractivity contribution is -0.383. The number of aliphatic hydroxyl groups is 14. The molecule has 33 nitrogen and oxygen atoms in total. The number of carboxylic acid groups (broad SMARTS) is 1. The number of aliphatic hydroxyl groups excluding tert-OH is 14. The van der Waals surface area contributed by atoms with Gasteiger partial charge in [-0.15, -0.1) is 0 Å². The predicted octanol–water partition coefficient (Wildman–Crippen LogP) is -12.1. The molecule has 0 bridgehead atoms. The summed E-state index contributed by atoms with van der Waals surface area (Å²) in [7, 11) is 0. The molecule has 19 N–H and O–H groups in total. The second kappa shape index (κ2) is 26.2. The van der Waals surface area contributed by atoms with Gasteiger partial charge in [-0.05, 0) is 0 Å². The number of ether oxygens (including phenoxy) is 9. The highest BCUT2D eigenvalue weighted by Gasteiger charge is 2.61. The second-order valence-corrected chi connectivity index (χ2v) is 18.4. The van der Waals surface area contributed by atoms with E-state index in [1.165, 1.54) is 0 Å². The fourth-order valence-electron chi connectivity index (χ4n) is 9.25. The fourth-order valence-corrected chi connectivity index (χ4v) is 9.25. The number of carboxylic acids is 1. The van der Waals surface area contributed by atoms with Crippen LogP contribution < -0.4 is 21.3 Å². The van der Waals surface area contributed by atoms with Gasteiger partial charge in [0.05, 0.1) is 45.2 Å². The molecule has 74 heavy (non-hydrogen) atoms. The van der Waals surface area contributed by atoms with Gasteiger partial charge >= 0.3 is 5.97 Å². The summed E-state index contributed by atoms with van der Waals surface area (Å²) in [4.78, 5) is 61.8. The van der Waals surface area contributed by atoms with Crippen molar-refractivity contribution in [3.8, 4) is 0 Å². The molecule has 0 saturated carbocycles. The van der Waals surface area contributed by atoms with E-state index < -0.39 is 228 Å². The first-order valence-electron chi connectivity index (χ1n) is 23.2. The van der Waals surface area contributed by atoms with Crippen LogP contribution in [0.1, 0.15) is 34.1 Å². The minimum Gasteiger partial charge on any atom is -0.477 e. The van der Waals surface area contributed by atoms with Crippen LogP contribution in [0.2, 0.25) is 0 Å². The molecule has 0 aromatic carbocycles. The predicted molar refractivity (Wildman–Crippen MR) is 230 cm³/mol. The smallest absolute Gasteiger partial charge is 0.364 e. The van der Waals surface area contributed by atoms with Crippen LogP contribution in [0.5, 0.6) is 0 Å². The molecule has 5 rings (SSSR count). The molecule has 5 heterocycles. The molecule has 5 aliphatic rings. The Balaban J connectivity index is 1.38. The molecule has 0 radical (unpaired) electrons. The molecule has 26 atom stereocenters. The van der Waals surface area contributed by atoms with Crippen molar-refractivity contribution in [2.45, 2.75) is 193 Å². The van der Waals surface area contributed by atoms with Crippen molar-refractivity contribution in [3.05, 3.63) is 0 Å². The number of aliphatic carboxylic acids is 1. The van der Waals surface area contributed by atoms with Gasteiger partial charge in [-0.2, -0.15) is 0 Å². The minimum absolute atomic E-state index is 0.738. The van der Waals surface area contributed by atoms with Gasteiger partial charge in [-0.25, -0.2) is 4.79 Å². The van der Waals surface area contributed by atoms with Crippen molar-refractivity contribution >= 4 is 29.6 Å². The molecule has 1 unspecified atom stereocenters. The molecule has 0 aromatic heterocycles. The van der Waals surface area contributed by atoms with Gasteiger partial charge < -0.3 is 140 Å². The summed E-state index contributed by atoms with van der Waals surface area (Å²) in [5.41, 5.74) is 0. The van der Waals surface area contributed by atoms with Crippen molar-refractivity contribution in [1.29, 1.82) is 0 Å². The maximum absolute atomic E-state index is 13.0. The van der Waals surface area contributed by atoms with Crippen LogP contribution >= 0.6 is 0 Å². The van der Waals surface area contributed by atoms with Crippen LogP contribution in [0.4, 0.5) is 0 Å². The maximum atomic E-state index is 13.0. The monoisotopic (exact) mass is 1080 g/mol. The summed E-state index contributed by atoms with van der Waals surface area (Å²) < 4.78 is 51.6. The molecule has 5 saturated heterocycles. The Morgan fingerprint density at radius 2 is 1.04 bits per heavy atom. The van der Waals surface area contributed by atoms with Gasteiger partial charge in [0, 0.05) is 34.1 Å². The van der Waals surface area contributed by atoms with Crippen LogP contribution in [0.15, 0.2) is 0 Å². The van der Waals surface area contributed by atoms with E-state index in [1.54, 1.807) is 0 Å². The SMILES string of the molecule is CC(=O)N[C@H]1[C@H](OC[C@H]2OC(O)[C@H](NC(C)=O)[C@@H](O[C@@H]3O[C@H](CO)[C@@H](O)[C@H](O)[C@H]3NC(C)=O)[C@H]2O)O[C@H](CO)[C@@H](O[C@@H]2O[C@H](CO)[C@H](O)[C@H](O[C@]3(C(=O)O)C[C@H](O)[C@@H](NC(C)=O)[C@H]([C@H](O)[C@H](O)CO)O3)[C@H]2O)[C@@H]1O. The Morgan fingerprint density at radius 3 is 1.58 bits per heavy atom. The van der Waals surface area contributed by atoms with E-state index >= 15 is 0 Å². The van der Waals surface area contributed by atoms with E-state index in [1.807, 2.05) is 0 Å². The average molecular weight is 1080 g/mol. The van der Waals surface area contributed by atoms with E-state index in [2.05, 4.69) is 21.3 Å². The highest BCUT2D eigenvalue weighted by Crippen LogP contribution is 2.39. The van der Waals surface area contributed by atoms with Crippen LogP contribution in [0.25, 0.3) is 0 Å². The van der Waals surface area contributed by atoms with E-state index in [9.17, 15) is 101 Å². The van der Waals surface area contributed by atoms with Crippen molar-refractivity contribution in [3.63, 3.8) is 0 Å². The third kappa shape index (κ3) is 13.7. The number of nitrogens with one attached hydrogen (secondary N) is 4. The van der Waals surface area contributed by atoms with Gasteiger partial charge in [0.25, 0.3) is 5.79 Å². The maximum Gasteiger partial charge on any atom is 0.364 e. The van der Waals surface area contributed by atoms with Crippen molar-refractivity contribution in [1.82, 2.24) is 21.3 Å². The number of rotatable bonds is 20. The Morgan fingerprint density at radius 1 is 0.554 bits per heavy atom. The van der Waals surface area contributed by atoms with E-state index in [0.29, 0.717) is 0 Å².